The Morgan fingerprint density at radius 3 is 2.50 bits per heavy atom. The van der Waals surface area contributed by atoms with E-state index in [1.807, 2.05) is 6.92 Å². The van der Waals surface area contributed by atoms with Crippen LogP contribution in [0.1, 0.15) is 24.3 Å². The average molecular weight is 209 g/mol. The molecule has 2 aliphatic rings. The molecule has 0 N–H and O–H groups in total. The van der Waals surface area contributed by atoms with Gasteiger partial charge in [0.2, 0.25) is 5.13 Å². The molecule has 14 heavy (non-hydrogen) atoms. The minimum Gasteiger partial charge on any atom is -0.346 e. The molecule has 3 nitrogen and oxygen atoms in total. The quantitative estimate of drug-likeness (QED) is 0.709. The number of hydrogen-bond donors (Lipinski definition) is 0. The summed E-state index contributed by atoms with van der Waals surface area (Å²) >= 11 is 1.73. The van der Waals surface area contributed by atoms with Crippen molar-refractivity contribution in [1.29, 1.82) is 0 Å². The van der Waals surface area contributed by atoms with Gasteiger partial charge in [0, 0.05) is 13.1 Å². The van der Waals surface area contributed by atoms with E-state index in [4.69, 9.17) is 0 Å². The minimum atomic E-state index is 0.944. The van der Waals surface area contributed by atoms with E-state index >= 15 is 0 Å². The number of hydrogen-bond acceptors (Lipinski definition) is 4. The molecule has 0 radical (unpaired) electrons. The molecule has 2 fully saturated rings. The van der Waals surface area contributed by atoms with Crippen LogP contribution in [0.2, 0.25) is 0 Å². The van der Waals surface area contributed by atoms with Crippen molar-refractivity contribution in [3.05, 3.63) is 5.01 Å². The summed E-state index contributed by atoms with van der Waals surface area (Å²) in [5.41, 5.74) is 0. The largest absolute Gasteiger partial charge is 0.346 e. The lowest BCUT2D eigenvalue weighted by atomic mass is 10.0. The van der Waals surface area contributed by atoms with Gasteiger partial charge in [-0.15, -0.1) is 10.2 Å². The first-order valence-corrected chi connectivity index (χ1v) is 6.19. The summed E-state index contributed by atoms with van der Waals surface area (Å²) in [7, 11) is 0. The number of nitrogens with zero attached hydrogens (tertiary/aromatic N) is 3. The lowest BCUT2D eigenvalue weighted by molar-refractivity contribution is 0.494. The van der Waals surface area contributed by atoms with Crippen LogP contribution >= 0.6 is 11.3 Å². The van der Waals surface area contributed by atoms with Gasteiger partial charge in [0.15, 0.2) is 0 Å². The molecule has 1 saturated heterocycles. The van der Waals surface area contributed by atoms with Gasteiger partial charge in [-0.25, -0.2) is 0 Å². The first-order valence-electron chi connectivity index (χ1n) is 5.38. The van der Waals surface area contributed by atoms with E-state index in [2.05, 4.69) is 15.1 Å². The fraction of sp³-hybridized carbons (Fsp3) is 0.800. The number of fused-ring (bicyclic) bond motifs is 1. The highest BCUT2D eigenvalue weighted by molar-refractivity contribution is 7.15. The van der Waals surface area contributed by atoms with Crippen LogP contribution in [0.4, 0.5) is 5.13 Å². The van der Waals surface area contributed by atoms with Gasteiger partial charge >= 0.3 is 0 Å². The minimum absolute atomic E-state index is 0.944. The van der Waals surface area contributed by atoms with E-state index in [1.165, 1.54) is 32.4 Å². The smallest absolute Gasteiger partial charge is 0.208 e. The van der Waals surface area contributed by atoms with Crippen LogP contribution in [-0.4, -0.2) is 23.3 Å². The van der Waals surface area contributed by atoms with E-state index < -0.39 is 0 Å². The van der Waals surface area contributed by atoms with Crippen molar-refractivity contribution in [2.45, 2.75) is 26.2 Å². The second kappa shape index (κ2) is 3.19. The molecule has 0 aromatic carbocycles. The van der Waals surface area contributed by atoms with Gasteiger partial charge in [-0.1, -0.05) is 17.8 Å². The van der Waals surface area contributed by atoms with E-state index in [1.54, 1.807) is 11.3 Å². The van der Waals surface area contributed by atoms with E-state index in [0.29, 0.717) is 0 Å². The first kappa shape index (κ1) is 8.65. The third-order valence-electron chi connectivity index (χ3n) is 3.51. The highest BCUT2D eigenvalue weighted by Crippen LogP contribution is 2.39. The van der Waals surface area contributed by atoms with Crippen molar-refractivity contribution in [3.63, 3.8) is 0 Å². The summed E-state index contributed by atoms with van der Waals surface area (Å²) < 4.78 is 0. The lowest BCUT2D eigenvalue weighted by Crippen LogP contribution is -2.20. The second-order valence-corrected chi connectivity index (χ2v) is 5.62. The predicted molar refractivity (Wildman–Crippen MR) is 57.7 cm³/mol. The summed E-state index contributed by atoms with van der Waals surface area (Å²) in [5.74, 6) is 1.89. The SMILES string of the molecule is Cc1nnc(N2CC3CCCC3C2)s1. The van der Waals surface area contributed by atoms with Gasteiger partial charge in [-0.05, 0) is 31.6 Å². The van der Waals surface area contributed by atoms with E-state index in [9.17, 15) is 0 Å². The average Bonchev–Trinajstić information content (AvgIpc) is 2.75. The van der Waals surface area contributed by atoms with Gasteiger partial charge in [-0.3, -0.25) is 0 Å². The third-order valence-corrected chi connectivity index (χ3v) is 4.41. The Kier molecular flexibility index (Phi) is 1.97. The van der Waals surface area contributed by atoms with Gasteiger partial charge in [-0.2, -0.15) is 0 Å². The zero-order valence-electron chi connectivity index (χ0n) is 8.44. The van der Waals surface area contributed by atoms with Crippen LogP contribution in [0.15, 0.2) is 0 Å². The summed E-state index contributed by atoms with van der Waals surface area (Å²) in [6.07, 6.45) is 4.30. The fourth-order valence-corrected chi connectivity index (χ4v) is 3.51. The highest BCUT2D eigenvalue weighted by Gasteiger charge is 2.37. The highest BCUT2D eigenvalue weighted by atomic mass is 32.1. The molecule has 4 heteroatoms. The molecule has 2 unspecified atom stereocenters. The van der Waals surface area contributed by atoms with Gasteiger partial charge in [0.25, 0.3) is 0 Å². The topological polar surface area (TPSA) is 29.0 Å². The van der Waals surface area contributed by atoms with Gasteiger partial charge < -0.3 is 4.90 Å². The molecule has 3 rings (SSSR count). The third kappa shape index (κ3) is 1.32. The number of aryl methyl sites for hydroxylation is 1. The fourth-order valence-electron chi connectivity index (χ4n) is 2.81. The Bertz CT molecular complexity index is 324. The number of rotatable bonds is 1. The normalized spacial score (nSPS) is 31.1. The molecule has 1 aromatic rings. The molecular formula is C10H15N3S. The maximum Gasteiger partial charge on any atom is 0.208 e. The van der Waals surface area contributed by atoms with E-state index in [0.717, 1.165) is 22.0 Å². The van der Waals surface area contributed by atoms with Gasteiger partial charge in [0.1, 0.15) is 5.01 Å². The van der Waals surface area contributed by atoms with Crippen molar-refractivity contribution in [1.82, 2.24) is 10.2 Å². The molecule has 1 saturated carbocycles. The Morgan fingerprint density at radius 1 is 1.21 bits per heavy atom. The Morgan fingerprint density at radius 2 is 1.93 bits per heavy atom. The van der Waals surface area contributed by atoms with Crippen molar-refractivity contribution >= 4 is 16.5 Å². The number of anilines is 1. The summed E-state index contributed by atoms with van der Waals surface area (Å²) in [6.45, 7) is 4.47. The molecule has 1 aliphatic heterocycles. The summed E-state index contributed by atoms with van der Waals surface area (Å²) in [6, 6.07) is 0. The van der Waals surface area contributed by atoms with Crippen molar-refractivity contribution < 1.29 is 0 Å². The lowest BCUT2D eigenvalue weighted by Gasteiger charge is -2.14. The first-order chi connectivity index (χ1) is 6.83. The molecule has 2 heterocycles. The van der Waals surface area contributed by atoms with Crippen molar-refractivity contribution in [2.24, 2.45) is 11.8 Å². The molecular weight excluding hydrogens is 194 g/mol. The van der Waals surface area contributed by atoms with E-state index in [-0.39, 0.29) is 0 Å². The van der Waals surface area contributed by atoms with Crippen molar-refractivity contribution in [3.8, 4) is 0 Å². The van der Waals surface area contributed by atoms with Gasteiger partial charge in [0.05, 0.1) is 0 Å². The van der Waals surface area contributed by atoms with Crippen LogP contribution in [0.5, 0.6) is 0 Å². The monoisotopic (exact) mass is 209 g/mol. The molecule has 0 bridgehead atoms. The van der Waals surface area contributed by atoms with Crippen molar-refractivity contribution in [2.75, 3.05) is 18.0 Å². The molecule has 1 aromatic heterocycles. The van der Waals surface area contributed by atoms with Crippen LogP contribution in [0.25, 0.3) is 0 Å². The Balaban J connectivity index is 1.76. The molecule has 0 amide bonds. The summed E-state index contributed by atoms with van der Waals surface area (Å²) in [5, 5.41) is 10.5. The zero-order valence-corrected chi connectivity index (χ0v) is 9.26. The second-order valence-electron chi connectivity index (χ2n) is 4.46. The standard InChI is InChI=1S/C10H15N3S/c1-7-11-12-10(14-7)13-5-8-3-2-4-9(8)6-13/h8-9H,2-6H2,1H3. The zero-order chi connectivity index (χ0) is 9.54. The maximum atomic E-state index is 4.22. The Labute approximate surface area is 88.1 Å². The summed E-state index contributed by atoms with van der Waals surface area (Å²) in [4.78, 5) is 2.43. The van der Waals surface area contributed by atoms with Crippen LogP contribution in [0.3, 0.4) is 0 Å². The number of aromatic nitrogens is 2. The van der Waals surface area contributed by atoms with Crippen LogP contribution in [0, 0.1) is 18.8 Å². The molecule has 2 atom stereocenters. The van der Waals surface area contributed by atoms with Crippen LogP contribution < -0.4 is 4.90 Å². The Hall–Kier alpha value is -0.640. The molecule has 76 valence electrons. The molecule has 0 spiro atoms. The van der Waals surface area contributed by atoms with Crippen LogP contribution in [-0.2, 0) is 0 Å². The maximum absolute atomic E-state index is 4.22. The molecule has 1 aliphatic carbocycles. The predicted octanol–water partition coefficient (Wildman–Crippen LogP) is 2.08.